The summed E-state index contributed by atoms with van der Waals surface area (Å²) in [6.07, 6.45) is 4.79. The number of hydrogen-bond acceptors (Lipinski definition) is 7. The second kappa shape index (κ2) is 10.5. The highest BCUT2D eigenvalue weighted by atomic mass is 79.9. The van der Waals surface area contributed by atoms with E-state index in [0.717, 1.165) is 53.3 Å². The van der Waals surface area contributed by atoms with Crippen molar-refractivity contribution < 1.29 is 4.79 Å². The first kappa shape index (κ1) is 26.9. The van der Waals surface area contributed by atoms with Gasteiger partial charge in [0.2, 0.25) is 0 Å². The molecule has 1 amide bonds. The Morgan fingerprint density at radius 3 is 2.68 bits per heavy atom. The van der Waals surface area contributed by atoms with Crippen LogP contribution in [-0.2, 0) is 5.41 Å². The largest absolute Gasteiger partial charge is 0.362 e. The molecule has 2 atom stereocenters. The van der Waals surface area contributed by atoms with Gasteiger partial charge in [0.15, 0.2) is 0 Å². The monoisotopic (exact) mass is 594 g/mol. The molecule has 0 spiro atoms. The third-order valence-electron chi connectivity index (χ3n) is 7.36. The van der Waals surface area contributed by atoms with Crippen molar-refractivity contribution >= 4 is 45.4 Å². The normalized spacial score (nSPS) is 21.5. The van der Waals surface area contributed by atoms with Gasteiger partial charge in [0.25, 0.3) is 5.91 Å². The minimum absolute atomic E-state index is 0.00929. The van der Waals surface area contributed by atoms with Gasteiger partial charge in [-0.25, -0.2) is 9.97 Å². The van der Waals surface area contributed by atoms with Gasteiger partial charge in [-0.3, -0.25) is 14.5 Å². The van der Waals surface area contributed by atoms with Crippen LogP contribution in [0.2, 0.25) is 0 Å². The Morgan fingerprint density at radius 2 is 1.92 bits per heavy atom. The number of carbonyl (C=O) groups excluding carboxylic acids is 1. The predicted molar refractivity (Wildman–Crippen MR) is 158 cm³/mol. The molecule has 2 N–H and O–H groups in total. The van der Waals surface area contributed by atoms with Gasteiger partial charge in [0.05, 0.1) is 17.3 Å². The van der Waals surface area contributed by atoms with Crippen LogP contribution in [-0.4, -0.2) is 32.9 Å². The summed E-state index contributed by atoms with van der Waals surface area (Å²) in [6.45, 7) is 11.8. The third kappa shape index (κ3) is 5.83. The van der Waals surface area contributed by atoms with E-state index in [9.17, 15) is 4.79 Å². The Hall–Kier alpha value is -2.65. The number of rotatable bonds is 1. The highest BCUT2D eigenvalue weighted by molar-refractivity contribution is 9.10. The fourth-order valence-corrected chi connectivity index (χ4v) is 6.34. The quantitative estimate of drug-likeness (QED) is 0.296. The Kier molecular flexibility index (Phi) is 7.44. The molecular weight excluding hydrogens is 560 g/mol. The van der Waals surface area contributed by atoms with E-state index in [1.54, 1.807) is 0 Å². The van der Waals surface area contributed by atoms with Gasteiger partial charge in [0, 0.05) is 45.8 Å². The average Bonchev–Trinajstić information content (AvgIpc) is 3.17. The molecule has 1 fully saturated rings. The van der Waals surface area contributed by atoms with E-state index < -0.39 is 0 Å². The molecule has 2 aliphatic rings. The predicted octanol–water partition coefficient (Wildman–Crippen LogP) is 6.92. The minimum atomic E-state index is -0.163. The number of anilines is 2. The molecule has 2 aliphatic heterocycles. The van der Waals surface area contributed by atoms with E-state index in [1.165, 1.54) is 11.9 Å². The molecule has 0 saturated carbocycles. The van der Waals surface area contributed by atoms with Crippen LogP contribution in [0.3, 0.4) is 0 Å². The van der Waals surface area contributed by atoms with Crippen molar-refractivity contribution in [3.8, 4) is 0 Å². The molecule has 5 rings (SSSR count). The number of pyridine rings is 3. The molecule has 5 heterocycles. The lowest BCUT2D eigenvalue weighted by atomic mass is 9.90. The number of aromatic nitrogens is 3. The first-order valence-corrected chi connectivity index (χ1v) is 14.7. The van der Waals surface area contributed by atoms with Crippen LogP contribution in [0.1, 0.15) is 81.7 Å². The van der Waals surface area contributed by atoms with Crippen LogP contribution in [0.5, 0.6) is 0 Å². The van der Waals surface area contributed by atoms with Crippen LogP contribution in [0.15, 0.2) is 58.2 Å². The van der Waals surface area contributed by atoms with Gasteiger partial charge in [-0.1, -0.05) is 42.8 Å². The van der Waals surface area contributed by atoms with E-state index in [-0.39, 0.29) is 22.9 Å². The number of amides is 1. The topological polar surface area (TPSA) is 83.0 Å². The van der Waals surface area contributed by atoms with Crippen LogP contribution >= 0.6 is 27.9 Å². The second-order valence-corrected chi connectivity index (χ2v) is 13.6. The van der Waals surface area contributed by atoms with Crippen LogP contribution in [0.25, 0.3) is 0 Å². The summed E-state index contributed by atoms with van der Waals surface area (Å²) in [5, 5.41) is 4.33. The summed E-state index contributed by atoms with van der Waals surface area (Å²) in [6, 6.07) is 13.8. The fraction of sp³-hybridized carbons (Fsp3) is 0.448. The first-order valence-electron chi connectivity index (χ1n) is 13.1. The van der Waals surface area contributed by atoms with Crippen molar-refractivity contribution in [2.75, 3.05) is 16.8 Å². The van der Waals surface area contributed by atoms with Crippen LogP contribution in [0.4, 0.5) is 11.6 Å². The SMILES string of the molecule is CC(C)(C)c1ccc2c(n1)N1C[C@@H](CCC(c3cc(Br)ccn3)Nc3cccc(n3)SNC2=O)CC1(C)C. The third-order valence-corrected chi connectivity index (χ3v) is 8.58. The summed E-state index contributed by atoms with van der Waals surface area (Å²) in [4.78, 5) is 30.4. The molecular formula is C29H35BrN6OS. The summed E-state index contributed by atoms with van der Waals surface area (Å²) in [5.74, 6) is 1.82. The summed E-state index contributed by atoms with van der Waals surface area (Å²) < 4.78 is 4.02. The van der Waals surface area contributed by atoms with Gasteiger partial charge in [-0.15, -0.1) is 0 Å². The molecule has 0 aliphatic carbocycles. The molecule has 3 aromatic heterocycles. The zero-order chi connectivity index (χ0) is 27.1. The highest BCUT2D eigenvalue weighted by Gasteiger charge is 2.41. The molecule has 0 radical (unpaired) electrons. The smallest absolute Gasteiger partial charge is 0.265 e. The molecule has 1 unspecified atom stereocenters. The second-order valence-electron chi connectivity index (χ2n) is 11.9. The van der Waals surface area contributed by atoms with E-state index in [4.69, 9.17) is 9.97 Å². The van der Waals surface area contributed by atoms with Gasteiger partial charge < -0.3 is 10.2 Å². The number of nitrogens with one attached hydrogen (secondary N) is 2. The Labute approximate surface area is 237 Å². The van der Waals surface area contributed by atoms with Crippen LogP contribution < -0.4 is 14.9 Å². The van der Waals surface area contributed by atoms with Crippen molar-refractivity contribution in [2.24, 2.45) is 5.92 Å². The van der Waals surface area contributed by atoms with E-state index in [1.807, 2.05) is 42.6 Å². The van der Waals surface area contributed by atoms with Crippen LogP contribution in [0, 0.1) is 5.92 Å². The first-order chi connectivity index (χ1) is 18.0. The summed E-state index contributed by atoms with van der Waals surface area (Å²) in [5.41, 5.74) is 2.30. The van der Waals surface area contributed by atoms with Gasteiger partial charge in [0.1, 0.15) is 16.7 Å². The van der Waals surface area contributed by atoms with Crippen molar-refractivity contribution in [3.63, 3.8) is 0 Å². The molecule has 3 aromatic rings. The molecule has 4 bridgehead atoms. The van der Waals surface area contributed by atoms with E-state index in [0.29, 0.717) is 16.5 Å². The fourth-order valence-electron chi connectivity index (χ4n) is 5.39. The maximum atomic E-state index is 13.5. The maximum Gasteiger partial charge on any atom is 0.265 e. The minimum Gasteiger partial charge on any atom is -0.362 e. The lowest BCUT2D eigenvalue weighted by molar-refractivity contribution is 0.0984. The number of carbonyl (C=O) groups is 1. The molecule has 38 heavy (non-hydrogen) atoms. The average molecular weight is 596 g/mol. The number of fused-ring (bicyclic) bond motifs is 6. The summed E-state index contributed by atoms with van der Waals surface area (Å²) >= 11 is 4.83. The molecule has 200 valence electrons. The van der Waals surface area contributed by atoms with Gasteiger partial charge >= 0.3 is 0 Å². The van der Waals surface area contributed by atoms with E-state index >= 15 is 0 Å². The van der Waals surface area contributed by atoms with Crippen molar-refractivity contribution in [3.05, 3.63) is 70.1 Å². The van der Waals surface area contributed by atoms with E-state index in [2.05, 4.69) is 76.5 Å². The zero-order valence-electron chi connectivity index (χ0n) is 22.6. The molecule has 0 aromatic carbocycles. The Balaban J connectivity index is 1.56. The van der Waals surface area contributed by atoms with Crippen molar-refractivity contribution in [2.45, 2.75) is 75.9 Å². The number of hydrogen-bond donors (Lipinski definition) is 2. The number of nitrogens with zero attached hydrogens (tertiary/aromatic N) is 4. The summed E-state index contributed by atoms with van der Waals surface area (Å²) in [7, 11) is 0. The van der Waals surface area contributed by atoms with Crippen molar-refractivity contribution in [1.29, 1.82) is 0 Å². The molecule has 9 heteroatoms. The molecule has 7 nitrogen and oxygen atoms in total. The Morgan fingerprint density at radius 1 is 1.11 bits per heavy atom. The molecule has 1 saturated heterocycles. The zero-order valence-corrected chi connectivity index (χ0v) is 25.0. The maximum absolute atomic E-state index is 13.5. The lowest BCUT2D eigenvalue weighted by Gasteiger charge is -2.34. The lowest BCUT2D eigenvalue weighted by Crippen LogP contribution is -2.40. The standard InChI is InChI=1S/C29H35BrN6OS/c1-28(2,3)23-12-10-20-26(33-23)36-17-18(16-29(36,4)5)9-11-21(22-15-19(30)13-14-31-22)32-24-7-6-8-25(34-24)38-35-27(20)37/h6-8,10,12-15,18,21H,9,11,16-17H2,1-5H3,(H,32,34)(H,35,37)/t18-,21?/m0/s1. The van der Waals surface area contributed by atoms with Crippen molar-refractivity contribution in [1.82, 2.24) is 19.7 Å². The highest BCUT2D eigenvalue weighted by Crippen LogP contribution is 2.41. The Bertz CT molecular complexity index is 1340. The van der Waals surface area contributed by atoms with Gasteiger partial charge in [-0.05, 0) is 75.4 Å². The van der Waals surface area contributed by atoms with Gasteiger partial charge in [-0.2, -0.15) is 0 Å². The number of halogens is 1.